The Hall–Kier alpha value is -2.13. The summed E-state index contributed by atoms with van der Waals surface area (Å²) in [7, 11) is -3.62. The Labute approximate surface area is 202 Å². The first-order valence-electron chi connectivity index (χ1n) is 13.0. The van der Waals surface area contributed by atoms with Crippen LogP contribution in [0.5, 0.6) is 0 Å². The van der Waals surface area contributed by atoms with E-state index < -0.39 is 10.0 Å². The Bertz CT molecular complexity index is 1030. The van der Waals surface area contributed by atoms with Crippen LogP contribution < -0.4 is 15.1 Å². The third-order valence-corrected chi connectivity index (χ3v) is 9.72. The van der Waals surface area contributed by atoms with Crippen LogP contribution in [-0.4, -0.2) is 62.8 Å². The molecule has 2 saturated heterocycles. The van der Waals surface area contributed by atoms with Crippen molar-refractivity contribution in [1.29, 1.82) is 0 Å². The lowest BCUT2D eigenvalue weighted by Gasteiger charge is -2.45. The smallest absolute Gasteiger partial charge is 0.250 e. The number of carbonyl (C=O) groups is 2. The average molecular weight is 489 g/mol. The summed E-state index contributed by atoms with van der Waals surface area (Å²) in [4.78, 5) is 30.5. The quantitative estimate of drug-likeness (QED) is 0.644. The first-order valence-corrected chi connectivity index (χ1v) is 14.4. The summed E-state index contributed by atoms with van der Waals surface area (Å²) in [6.45, 7) is 1.75. The van der Waals surface area contributed by atoms with Gasteiger partial charge in [-0.3, -0.25) is 14.5 Å². The fraction of sp³-hybridized carbons (Fsp3) is 0.680. The number of sulfonamides is 1. The molecule has 8 nitrogen and oxygen atoms in total. The monoisotopic (exact) mass is 488 g/mol. The van der Waals surface area contributed by atoms with Crippen molar-refractivity contribution < 1.29 is 18.0 Å². The fourth-order valence-electron chi connectivity index (χ4n) is 5.98. The Kier molecular flexibility index (Phi) is 6.84. The lowest BCUT2D eigenvalue weighted by atomic mass is 9.96. The largest absolute Gasteiger partial charge is 0.358 e. The van der Waals surface area contributed by atoms with Gasteiger partial charge in [-0.2, -0.15) is 4.31 Å². The lowest BCUT2D eigenvalue weighted by Crippen LogP contribution is -2.57. The van der Waals surface area contributed by atoms with E-state index in [9.17, 15) is 18.0 Å². The maximum Gasteiger partial charge on any atom is 0.250 e. The van der Waals surface area contributed by atoms with Crippen LogP contribution in [0.1, 0.15) is 70.6 Å². The SMILES string of the molecule is O=C(CN1C(=O)[C@@H]2CCCCN2c2ccc(S(=O)(=O)N3CCCC3)cc21)NC1CCCCCC1. The van der Waals surface area contributed by atoms with Crippen molar-refractivity contribution in [2.75, 3.05) is 36.0 Å². The number of amides is 2. The minimum atomic E-state index is -3.62. The van der Waals surface area contributed by atoms with Crippen LogP contribution in [-0.2, 0) is 19.6 Å². The van der Waals surface area contributed by atoms with Gasteiger partial charge >= 0.3 is 0 Å². The van der Waals surface area contributed by atoms with Gasteiger partial charge in [-0.05, 0) is 63.1 Å². The predicted octanol–water partition coefficient (Wildman–Crippen LogP) is 3.02. The summed E-state index contributed by atoms with van der Waals surface area (Å²) in [5.41, 5.74) is 1.39. The van der Waals surface area contributed by atoms with E-state index in [1.165, 1.54) is 22.0 Å². The average Bonchev–Trinajstić information content (AvgIpc) is 3.28. The zero-order valence-electron chi connectivity index (χ0n) is 19.9. The molecule has 1 saturated carbocycles. The summed E-state index contributed by atoms with van der Waals surface area (Å²) in [6.07, 6.45) is 11.1. The molecule has 0 aromatic heterocycles. The molecular formula is C25H36N4O4S. The van der Waals surface area contributed by atoms with Crippen molar-refractivity contribution in [3.05, 3.63) is 18.2 Å². The molecule has 0 unspecified atom stereocenters. The number of piperidine rings is 1. The minimum Gasteiger partial charge on any atom is -0.358 e. The molecule has 34 heavy (non-hydrogen) atoms. The highest BCUT2D eigenvalue weighted by molar-refractivity contribution is 7.89. The van der Waals surface area contributed by atoms with Gasteiger partial charge in [-0.25, -0.2) is 8.42 Å². The van der Waals surface area contributed by atoms with Crippen LogP contribution in [0, 0.1) is 0 Å². The summed E-state index contributed by atoms with van der Waals surface area (Å²) in [5, 5.41) is 3.15. The van der Waals surface area contributed by atoms with Crippen molar-refractivity contribution in [3.63, 3.8) is 0 Å². The second kappa shape index (κ2) is 9.85. The second-order valence-electron chi connectivity index (χ2n) is 10.1. The number of anilines is 2. The number of fused-ring (bicyclic) bond motifs is 3. The Morgan fingerprint density at radius 3 is 2.29 bits per heavy atom. The number of hydrogen-bond donors (Lipinski definition) is 1. The van der Waals surface area contributed by atoms with Gasteiger partial charge in [-0.1, -0.05) is 25.7 Å². The lowest BCUT2D eigenvalue weighted by molar-refractivity contribution is -0.125. The maximum atomic E-state index is 13.6. The van der Waals surface area contributed by atoms with E-state index >= 15 is 0 Å². The zero-order chi connectivity index (χ0) is 23.7. The van der Waals surface area contributed by atoms with Gasteiger partial charge < -0.3 is 10.2 Å². The van der Waals surface area contributed by atoms with Crippen LogP contribution in [0.3, 0.4) is 0 Å². The molecule has 1 aromatic rings. The normalized spacial score (nSPS) is 24.5. The molecule has 5 rings (SSSR count). The molecule has 186 valence electrons. The van der Waals surface area contributed by atoms with Gasteiger partial charge in [0.15, 0.2) is 0 Å². The van der Waals surface area contributed by atoms with Gasteiger partial charge in [-0.15, -0.1) is 0 Å². The summed E-state index contributed by atoms with van der Waals surface area (Å²) in [5.74, 6) is -0.262. The number of nitrogens with zero attached hydrogens (tertiary/aromatic N) is 3. The minimum absolute atomic E-state index is 0.0696. The van der Waals surface area contributed by atoms with Crippen LogP contribution in [0.15, 0.2) is 23.1 Å². The standard InChI is InChI=1S/C25H36N4O4S/c30-24(26-19-9-3-1-2-4-10-19)18-29-23-17-20(34(32,33)27-14-7-8-15-27)12-13-21(23)28-16-6-5-11-22(28)25(29)31/h12-13,17,19,22H,1-11,14-16,18H2,(H,26,30)/t22-/m0/s1. The number of nitrogens with one attached hydrogen (secondary N) is 1. The van der Waals surface area contributed by atoms with Gasteiger partial charge in [0.05, 0.1) is 16.3 Å². The topological polar surface area (TPSA) is 90.0 Å². The third-order valence-electron chi connectivity index (χ3n) is 7.83. The van der Waals surface area contributed by atoms with E-state index in [-0.39, 0.29) is 35.3 Å². The van der Waals surface area contributed by atoms with Crippen molar-refractivity contribution >= 4 is 33.2 Å². The van der Waals surface area contributed by atoms with Crippen LogP contribution in [0.2, 0.25) is 0 Å². The van der Waals surface area contributed by atoms with Crippen molar-refractivity contribution in [2.45, 2.75) is 87.6 Å². The first-order chi connectivity index (χ1) is 16.4. The van der Waals surface area contributed by atoms with E-state index in [0.29, 0.717) is 18.8 Å². The second-order valence-corrected chi connectivity index (χ2v) is 12.1. The van der Waals surface area contributed by atoms with Gasteiger partial charge in [0.2, 0.25) is 21.8 Å². The van der Waals surface area contributed by atoms with E-state index in [1.54, 1.807) is 12.1 Å². The molecule has 0 radical (unpaired) electrons. The third kappa shape index (κ3) is 4.56. The molecule has 3 aliphatic heterocycles. The molecule has 9 heteroatoms. The summed E-state index contributed by atoms with van der Waals surface area (Å²) >= 11 is 0. The van der Waals surface area contributed by atoms with E-state index in [1.807, 2.05) is 6.07 Å². The fourth-order valence-corrected chi connectivity index (χ4v) is 7.52. The van der Waals surface area contributed by atoms with Crippen molar-refractivity contribution in [3.8, 4) is 0 Å². The molecular weight excluding hydrogens is 452 g/mol. The number of benzene rings is 1. The number of hydrogen-bond acceptors (Lipinski definition) is 5. The molecule has 2 amide bonds. The molecule has 0 spiro atoms. The van der Waals surface area contributed by atoms with Crippen molar-refractivity contribution in [2.24, 2.45) is 0 Å². The molecule has 1 aromatic carbocycles. The van der Waals surface area contributed by atoms with E-state index in [4.69, 9.17) is 0 Å². The summed E-state index contributed by atoms with van der Waals surface area (Å²) in [6, 6.07) is 4.98. The summed E-state index contributed by atoms with van der Waals surface area (Å²) < 4.78 is 28.0. The number of rotatable bonds is 5. The van der Waals surface area contributed by atoms with E-state index in [2.05, 4.69) is 10.2 Å². The predicted molar refractivity (Wildman–Crippen MR) is 131 cm³/mol. The van der Waals surface area contributed by atoms with Crippen LogP contribution in [0.4, 0.5) is 11.4 Å². The Balaban J connectivity index is 1.45. The highest BCUT2D eigenvalue weighted by Crippen LogP contribution is 2.41. The molecule has 3 heterocycles. The zero-order valence-corrected chi connectivity index (χ0v) is 20.7. The highest BCUT2D eigenvalue weighted by Gasteiger charge is 2.41. The van der Waals surface area contributed by atoms with Crippen molar-refractivity contribution in [1.82, 2.24) is 9.62 Å². The highest BCUT2D eigenvalue weighted by atomic mass is 32.2. The molecule has 1 N–H and O–H groups in total. The molecule has 1 aliphatic carbocycles. The Morgan fingerprint density at radius 2 is 1.56 bits per heavy atom. The van der Waals surface area contributed by atoms with Gasteiger partial charge in [0.25, 0.3) is 0 Å². The first kappa shape index (κ1) is 23.6. The molecule has 3 fully saturated rings. The van der Waals surface area contributed by atoms with Gasteiger partial charge in [0.1, 0.15) is 12.6 Å². The maximum absolute atomic E-state index is 13.6. The number of carbonyl (C=O) groups excluding carboxylic acids is 2. The van der Waals surface area contributed by atoms with Crippen LogP contribution >= 0.6 is 0 Å². The molecule has 4 aliphatic rings. The van der Waals surface area contributed by atoms with Crippen LogP contribution in [0.25, 0.3) is 0 Å². The van der Waals surface area contributed by atoms with E-state index in [0.717, 1.165) is 70.0 Å². The molecule has 1 atom stereocenters. The Morgan fingerprint density at radius 1 is 0.882 bits per heavy atom. The molecule has 0 bridgehead atoms. The van der Waals surface area contributed by atoms with Gasteiger partial charge in [0, 0.05) is 25.7 Å².